The van der Waals surface area contributed by atoms with Gasteiger partial charge in [-0.2, -0.15) is 0 Å². The van der Waals surface area contributed by atoms with Crippen LogP contribution in [-0.2, 0) is 16.0 Å². The lowest BCUT2D eigenvalue weighted by molar-refractivity contribution is -0.122. The fourth-order valence-corrected chi connectivity index (χ4v) is 4.10. The van der Waals surface area contributed by atoms with Crippen LogP contribution in [0.1, 0.15) is 44.6 Å². The fraction of sp³-hybridized carbons (Fsp3) is 0.435. The number of piperidine rings is 1. The molecule has 0 radical (unpaired) electrons. The van der Waals surface area contributed by atoms with Crippen molar-refractivity contribution < 1.29 is 9.59 Å². The van der Waals surface area contributed by atoms with Gasteiger partial charge in [0.25, 0.3) is 5.91 Å². The number of nitrogens with one attached hydrogen (secondary N) is 2. The first-order valence-electron chi connectivity index (χ1n) is 10.3. The molecule has 6 heteroatoms. The van der Waals surface area contributed by atoms with Gasteiger partial charge in [-0.25, -0.2) is 5.01 Å². The van der Waals surface area contributed by atoms with Crippen molar-refractivity contribution >= 4 is 28.9 Å². The van der Waals surface area contributed by atoms with Crippen LogP contribution in [0.4, 0.5) is 0 Å². The molecular formula is C23H29N3O2S. The Morgan fingerprint density at radius 3 is 2.59 bits per heavy atom. The van der Waals surface area contributed by atoms with Crippen LogP contribution in [0.5, 0.6) is 0 Å². The second-order valence-corrected chi connectivity index (χ2v) is 8.30. The number of hydrogen-bond donors (Lipinski definition) is 2. The molecule has 0 saturated carbocycles. The summed E-state index contributed by atoms with van der Waals surface area (Å²) in [5.74, 6) is 0.318. The summed E-state index contributed by atoms with van der Waals surface area (Å²) in [7, 11) is 0. The van der Waals surface area contributed by atoms with Crippen LogP contribution < -0.4 is 10.7 Å². The molecule has 2 aliphatic rings. The highest BCUT2D eigenvalue weighted by atomic mass is 32.1. The van der Waals surface area contributed by atoms with E-state index in [1.807, 2.05) is 5.01 Å². The molecule has 0 aromatic heterocycles. The van der Waals surface area contributed by atoms with Crippen LogP contribution in [-0.4, -0.2) is 34.8 Å². The van der Waals surface area contributed by atoms with Gasteiger partial charge in [0, 0.05) is 31.3 Å². The molecular weight excluding hydrogens is 382 g/mol. The molecule has 0 unspecified atom stereocenters. The Kier molecular flexibility index (Phi) is 7.72. The lowest BCUT2D eigenvalue weighted by Gasteiger charge is -2.32. The van der Waals surface area contributed by atoms with Crippen LogP contribution in [0.2, 0.25) is 0 Å². The van der Waals surface area contributed by atoms with Gasteiger partial charge in [0.1, 0.15) is 0 Å². The van der Waals surface area contributed by atoms with Crippen LogP contribution >= 0.6 is 12.2 Å². The third-order valence-electron chi connectivity index (χ3n) is 5.45. The number of hydrazine groups is 1. The van der Waals surface area contributed by atoms with E-state index in [2.05, 4.69) is 41.1 Å². The quantitative estimate of drug-likeness (QED) is 0.675. The normalized spacial score (nSPS) is 18.0. The summed E-state index contributed by atoms with van der Waals surface area (Å²) in [5.41, 5.74) is 5.38. The average molecular weight is 412 g/mol. The molecule has 5 nitrogen and oxygen atoms in total. The number of benzene rings is 1. The third kappa shape index (κ3) is 6.61. The van der Waals surface area contributed by atoms with E-state index in [0.717, 1.165) is 32.4 Å². The highest BCUT2D eigenvalue weighted by Crippen LogP contribution is 2.23. The second kappa shape index (κ2) is 10.5. The number of allylic oxidation sites excluding steroid dienone is 2. The van der Waals surface area contributed by atoms with Gasteiger partial charge in [-0.3, -0.25) is 15.0 Å². The van der Waals surface area contributed by atoms with Crippen molar-refractivity contribution in [1.29, 1.82) is 0 Å². The van der Waals surface area contributed by atoms with E-state index < -0.39 is 0 Å². The smallest absolute Gasteiger partial charge is 0.267 e. The lowest BCUT2D eigenvalue weighted by Crippen LogP contribution is -2.48. The highest BCUT2D eigenvalue weighted by molar-refractivity contribution is 7.80. The van der Waals surface area contributed by atoms with E-state index in [9.17, 15) is 9.59 Å². The Morgan fingerprint density at radius 2 is 1.90 bits per heavy atom. The second-order valence-electron chi connectivity index (χ2n) is 7.78. The first kappa shape index (κ1) is 21.4. The maximum atomic E-state index is 12.7. The van der Waals surface area contributed by atoms with Crippen molar-refractivity contribution in [2.24, 2.45) is 5.92 Å². The topological polar surface area (TPSA) is 61.4 Å². The number of amides is 2. The molecule has 0 atom stereocenters. The van der Waals surface area contributed by atoms with Gasteiger partial charge in [0.15, 0.2) is 0 Å². The zero-order valence-electron chi connectivity index (χ0n) is 16.9. The molecule has 2 N–H and O–H groups in total. The number of rotatable bonds is 7. The van der Waals surface area contributed by atoms with Crippen LogP contribution in [0.15, 0.2) is 53.8 Å². The minimum atomic E-state index is -0.212. The summed E-state index contributed by atoms with van der Waals surface area (Å²) >= 11 is 5.20. The Balaban J connectivity index is 1.43. The molecule has 29 heavy (non-hydrogen) atoms. The summed E-state index contributed by atoms with van der Waals surface area (Å²) in [4.78, 5) is 24.9. The first-order chi connectivity index (χ1) is 14.0. The van der Waals surface area contributed by atoms with Crippen molar-refractivity contribution in [1.82, 2.24) is 15.8 Å². The number of hydrogen-bond acceptors (Lipinski definition) is 4. The zero-order chi connectivity index (χ0) is 20.6. The van der Waals surface area contributed by atoms with Crippen LogP contribution in [0.3, 0.4) is 0 Å². The van der Waals surface area contributed by atoms with E-state index in [1.54, 1.807) is 12.2 Å². The molecule has 1 aromatic carbocycles. The molecule has 1 aliphatic heterocycles. The van der Waals surface area contributed by atoms with E-state index in [4.69, 9.17) is 12.2 Å². The van der Waals surface area contributed by atoms with Gasteiger partial charge < -0.3 is 5.32 Å². The molecule has 154 valence electrons. The molecule has 1 fully saturated rings. The minimum absolute atomic E-state index is 0.185. The van der Waals surface area contributed by atoms with E-state index in [1.165, 1.54) is 25.3 Å². The van der Waals surface area contributed by atoms with Crippen molar-refractivity contribution in [2.45, 2.75) is 45.4 Å². The van der Waals surface area contributed by atoms with Crippen molar-refractivity contribution in [3.05, 3.63) is 59.3 Å². The number of thiocarbonyl (C=S) groups is 1. The molecule has 1 saturated heterocycles. The molecule has 2 amide bonds. The highest BCUT2D eigenvalue weighted by Gasteiger charge is 2.24. The molecule has 1 aliphatic carbocycles. The molecule has 0 spiro atoms. The summed E-state index contributed by atoms with van der Waals surface area (Å²) in [6.07, 6.45) is 9.78. The standard InChI is InChI=1S/C23H29N3O2S/c1-17(27)24-22-16-20(29)10-11-21(22)23(28)25-26-14-12-19(13-15-26)9-5-8-18-6-3-2-4-7-18/h2-4,6-7,11,16,19H,5,8-10,12-15H2,1H3,(H,24,27)(H,25,28). The predicted molar refractivity (Wildman–Crippen MR) is 119 cm³/mol. The maximum absolute atomic E-state index is 12.7. The largest absolute Gasteiger partial charge is 0.326 e. The molecule has 1 aromatic rings. The van der Waals surface area contributed by atoms with Crippen LogP contribution in [0, 0.1) is 5.92 Å². The SMILES string of the molecule is CC(=O)NC1=CC(=S)CC=C1C(=O)NN1CCC(CCCc2ccccc2)CC1. The summed E-state index contributed by atoms with van der Waals surface area (Å²) in [5, 5.41) is 4.71. The number of aryl methyl sites for hydroxylation is 1. The number of carbonyl (C=O) groups is 2. The Morgan fingerprint density at radius 1 is 1.17 bits per heavy atom. The third-order valence-corrected chi connectivity index (χ3v) is 5.74. The fourth-order valence-electron chi connectivity index (χ4n) is 3.90. The van der Waals surface area contributed by atoms with Gasteiger partial charge in [0.05, 0.1) is 11.3 Å². The van der Waals surface area contributed by atoms with Gasteiger partial charge >= 0.3 is 0 Å². The van der Waals surface area contributed by atoms with Gasteiger partial charge in [0.2, 0.25) is 5.91 Å². The maximum Gasteiger partial charge on any atom is 0.267 e. The Hall–Kier alpha value is -2.31. The van der Waals surface area contributed by atoms with Crippen molar-refractivity contribution in [3.63, 3.8) is 0 Å². The first-order valence-corrected chi connectivity index (χ1v) is 10.7. The number of carbonyl (C=O) groups excluding carboxylic acids is 2. The molecule has 0 bridgehead atoms. The summed E-state index contributed by atoms with van der Waals surface area (Å²) in [6, 6.07) is 10.6. The monoisotopic (exact) mass is 411 g/mol. The predicted octanol–water partition coefficient (Wildman–Crippen LogP) is 3.47. The van der Waals surface area contributed by atoms with E-state index >= 15 is 0 Å². The van der Waals surface area contributed by atoms with E-state index in [0.29, 0.717) is 28.5 Å². The van der Waals surface area contributed by atoms with Gasteiger partial charge in [-0.05, 0) is 43.2 Å². The number of nitrogens with zero attached hydrogens (tertiary/aromatic N) is 1. The Labute approximate surface area is 178 Å². The van der Waals surface area contributed by atoms with E-state index in [-0.39, 0.29) is 11.8 Å². The lowest BCUT2D eigenvalue weighted by atomic mass is 9.91. The molecule has 1 heterocycles. The van der Waals surface area contributed by atoms with Crippen LogP contribution in [0.25, 0.3) is 0 Å². The Bertz CT molecular complexity index is 809. The van der Waals surface area contributed by atoms with Gasteiger partial charge in [-0.15, -0.1) is 0 Å². The molecule has 3 rings (SSSR count). The minimum Gasteiger partial charge on any atom is -0.326 e. The summed E-state index contributed by atoms with van der Waals surface area (Å²) < 4.78 is 0. The van der Waals surface area contributed by atoms with Crippen molar-refractivity contribution in [3.8, 4) is 0 Å². The zero-order valence-corrected chi connectivity index (χ0v) is 17.8. The van der Waals surface area contributed by atoms with Gasteiger partial charge in [-0.1, -0.05) is 55.0 Å². The average Bonchev–Trinajstić information content (AvgIpc) is 2.70. The summed E-state index contributed by atoms with van der Waals surface area (Å²) in [6.45, 7) is 3.13. The van der Waals surface area contributed by atoms with Crippen molar-refractivity contribution in [2.75, 3.05) is 13.1 Å².